The molecule has 3 heteroatoms. The van der Waals surface area contributed by atoms with Crippen molar-refractivity contribution in [1.29, 1.82) is 0 Å². The molecule has 0 aliphatic heterocycles. The highest BCUT2D eigenvalue weighted by molar-refractivity contribution is 4.89. The van der Waals surface area contributed by atoms with Crippen LogP contribution >= 0.6 is 0 Å². The van der Waals surface area contributed by atoms with Crippen LogP contribution in [0.2, 0.25) is 0 Å². The van der Waals surface area contributed by atoms with Gasteiger partial charge in [0.1, 0.15) is 0 Å². The Hall–Kier alpha value is -1.09. The zero-order chi connectivity index (χ0) is 10.8. The van der Waals surface area contributed by atoms with Crippen LogP contribution in [0.25, 0.3) is 0 Å². The number of H-pyrrole nitrogens is 1. The lowest BCUT2D eigenvalue weighted by Gasteiger charge is -2.13. The first kappa shape index (κ1) is 12.9. The summed E-state index contributed by atoms with van der Waals surface area (Å²) < 4.78 is 0. The predicted molar refractivity (Wildman–Crippen MR) is 60.5 cm³/mol. The van der Waals surface area contributed by atoms with Gasteiger partial charge in [-0.1, -0.05) is 26.8 Å². The summed E-state index contributed by atoms with van der Waals surface area (Å²) in [4.78, 5) is 15.1. The van der Waals surface area contributed by atoms with Gasteiger partial charge in [0.25, 0.3) is 0 Å². The highest BCUT2D eigenvalue weighted by Gasteiger charge is 1.89. The first-order valence-corrected chi connectivity index (χ1v) is 5.10. The second-order valence-corrected chi connectivity index (χ2v) is 2.85. The van der Waals surface area contributed by atoms with Gasteiger partial charge in [-0.25, -0.2) is 0 Å². The molecule has 1 aromatic rings. The Bertz CT molecular complexity index is 243. The number of pyridine rings is 1. The summed E-state index contributed by atoms with van der Waals surface area (Å²) in [7, 11) is 0. The van der Waals surface area contributed by atoms with Crippen LogP contribution in [0.3, 0.4) is 0 Å². The molecule has 0 spiro atoms. The summed E-state index contributed by atoms with van der Waals surface area (Å²) in [6, 6.07) is 4.93. The molecule has 80 valence electrons. The van der Waals surface area contributed by atoms with Crippen molar-refractivity contribution in [2.24, 2.45) is 0 Å². The zero-order valence-corrected chi connectivity index (χ0v) is 9.29. The van der Waals surface area contributed by atoms with Crippen molar-refractivity contribution in [1.82, 2.24) is 9.88 Å². The molecule has 3 nitrogen and oxygen atoms in total. The van der Waals surface area contributed by atoms with Gasteiger partial charge in [-0.2, -0.15) is 0 Å². The van der Waals surface area contributed by atoms with Gasteiger partial charge >= 0.3 is 0 Å². The van der Waals surface area contributed by atoms with Gasteiger partial charge in [0.05, 0.1) is 0 Å². The topological polar surface area (TPSA) is 36.1 Å². The lowest BCUT2D eigenvalue weighted by molar-refractivity contribution is 0.321. The minimum absolute atomic E-state index is 0.0532. The number of aromatic nitrogens is 1. The van der Waals surface area contributed by atoms with Gasteiger partial charge in [0.15, 0.2) is 0 Å². The van der Waals surface area contributed by atoms with E-state index in [2.05, 4.69) is 30.7 Å². The van der Waals surface area contributed by atoms with Crippen molar-refractivity contribution in [3.8, 4) is 0 Å². The molecule has 0 amide bonds. The van der Waals surface area contributed by atoms with Crippen molar-refractivity contribution >= 4 is 0 Å². The summed E-state index contributed by atoms with van der Waals surface area (Å²) in [5.41, 5.74) is -0.0532. The third kappa shape index (κ3) is 6.43. The maximum atomic E-state index is 10.2. The van der Waals surface area contributed by atoms with E-state index in [0.29, 0.717) is 0 Å². The molecule has 1 rings (SSSR count). The molecule has 0 aliphatic carbocycles. The number of aromatic amines is 1. The first-order valence-electron chi connectivity index (χ1n) is 5.10. The van der Waals surface area contributed by atoms with E-state index in [4.69, 9.17) is 0 Å². The molecule has 0 aromatic carbocycles. The van der Waals surface area contributed by atoms with Crippen molar-refractivity contribution in [2.75, 3.05) is 19.6 Å². The van der Waals surface area contributed by atoms with Gasteiger partial charge in [-0.15, -0.1) is 0 Å². The average Bonchev–Trinajstić information content (AvgIpc) is 2.22. The summed E-state index contributed by atoms with van der Waals surface area (Å²) in [6.07, 6.45) is 1.60. The van der Waals surface area contributed by atoms with E-state index in [0.717, 1.165) is 0 Å². The Kier molecular flexibility index (Phi) is 7.84. The Balaban J connectivity index is 0.000000241. The smallest absolute Gasteiger partial charge is 0.247 e. The highest BCUT2D eigenvalue weighted by atomic mass is 16.1. The van der Waals surface area contributed by atoms with Crippen LogP contribution < -0.4 is 5.56 Å². The molecule has 0 radical (unpaired) electrons. The Morgan fingerprint density at radius 1 is 1.14 bits per heavy atom. The SMILES string of the molecule is CCN(CC)CC.O=c1cccc[nH]1. The van der Waals surface area contributed by atoms with E-state index in [1.165, 1.54) is 25.7 Å². The van der Waals surface area contributed by atoms with Crippen molar-refractivity contribution in [2.45, 2.75) is 20.8 Å². The fourth-order valence-corrected chi connectivity index (χ4v) is 1.05. The minimum Gasteiger partial charge on any atom is -0.329 e. The molecule has 14 heavy (non-hydrogen) atoms. The summed E-state index contributed by atoms with van der Waals surface area (Å²) in [5, 5.41) is 0. The Labute approximate surface area is 85.8 Å². The third-order valence-corrected chi connectivity index (χ3v) is 2.02. The van der Waals surface area contributed by atoms with Crippen LogP contribution in [-0.2, 0) is 0 Å². The first-order chi connectivity index (χ1) is 6.74. The van der Waals surface area contributed by atoms with Crippen molar-refractivity contribution in [3.63, 3.8) is 0 Å². The molecule has 0 saturated heterocycles. The standard InChI is InChI=1S/C6H15N.C5H5NO/c1-4-7(5-2)6-3;7-5-3-1-2-4-6-5/h4-6H2,1-3H3;1-4H,(H,6,7). The van der Waals surface area contributed by atoms with Crippen LogP contribution in [0.5, 0.6) is 0 Å². The molecular formula is C11H20N2O. The fourth-order valence-electron chi connectivity index (χ4n) is 1.05. The molecule has 1 aromatic heterocycles. The van der Waals surface area contributed by atoms with Crippen LogP contribution in [-0.4, -0.2) is 29.5 Å². The van der Waals surface area contributed by atoms with Crippen molar-refractivity contribution in [3.05, 3.63) is 34.7 Å². The van der Waals surface area contributed by atoms with Gasteiger partial charge in [0, 0.05) is 12.3 Å². The summed E-state index contributed by atoms with van der Waals surface area (Å²) in [5.74, 6) is 0. The predicted octanol–water partition coefficient (Wildman–Crippen LogP) is 1.72. The van der Waals surface area contributed by atoms with Crippen molar-refractivity contribution < 1.29 is 0 Å². The second-order valence-electron chi connectivity index (χ2n) is 2.85. The summed E-state index contributed by atoms with van der Waals surface area (Å²) >= 11 is 0. The van der Waals surface area contributed by atoms with Crippen LogP contribution in [0.4, 0.5) is 0 Å². The maximum absolute atomic E-state index is 10.2. The minimum atomic E-state index is -0.0532. The van der Waals surface area contributed by atoms with Crippen LogP contribution in [0.15, 0.2) is 29.2 Å². The molecule has 1 N–H and O–H groups in total. The van der Waals surface area contributed by atoms with Crippen LogP contribution in [0.1, 0.15) is 20.8 Å². The van der Waals surface area contributed by atoms with E-state index in [9.17, 15) is 4.79 Å². The fraction of sp³-hybridized carbons (Fsp3) is 0.545. The maximum Gasteiger partial charge on any atom is 0.247 e. The van der Waals surface area contributed by atoms with Gasteiger partial charge in [-0.3, -0.25) is 4.79 Å². The van der Waals surface area contributed by atoms with E-state index >= 15 is 0 Å². The van der Waals surface area contributed by atoms with Gasteiger partial charge in [0.2, 0.25) is 5.56 Å². The molecule has 0 bridgehead atoms. The molecule has 1 heterocycles. The third-order valence-electron chi connectivity index (χ3n) is 2.02. The largest absolute Gasteiger partial charge is 0.329 e. The average molecular weight is 196 g/mol. The Morgan fingerprint density at radius 2 is 1.71 bits per heavy atom. The number of rotatable bonds is 3. The zero-order valence-electron chi connectivity index (χ0n) is 9.29. The number of hydrogen-bond donors (Lipinski definition) is 1. The molecule has 0 atom stereocenters. The summed E-state index contributed by atoms with van der Waals surface area (Å²) in [6.45, 7) is 10.1. The van der Waals surface area contributed by atoms with Crippen LogP contribution in [0, 0.1) is 0 Å². The molecule has 0 fully saturated rings. The van der Waals surface area contributed by atoms with E-state index in [1.807, 2.05) is 0 Å². The normalized spacial score (nSPS) is 9.43. The number of hydrogen-bond acceptors (Lipinski definition) is 2. The van der Waals surface area contributed by atoms with E-state index in [1.54, 1.807) is 18.3 Å². The van der Waals surface area contributed by atoms with E-state index in [-0.39, 0.29) is 5.56 Å². The number of nitrogens with one attached hydrogen (secondary N) is 1. The molecule has 0 unspecified atom stereocenters. The Morgan fingerprint density at radius 3 is 1.86 bits per heavy atom. The lowest BCUT2D eigenvalue weighted by atomic mass is 10.5. The monoisotopic (exact) mass is 196 g/mol. The lowest BCUT2D eigenvalue weighted by Crippen LogP contribution is -2.21. The molecule has 0 aliphatic rings. The second kappa shape index (κ2) is 8.51. The molecule has 0 saturated carbocycles. The van der Waals surface area contributed by atoms with Gasteiger partial charge < -0.3 is 9.88 Å². The van der Waals surface area contributed by atoms with E-state index < -0.39 is 0 Å². The number of nitrogens with zero attached hydrogens (tertiary/aromatic N) is 1. The van der Waals surface area contributed by atoms with Gasteiger partial charge in [-0.05, 0) is 25.7 Å². The highest BCUT2D eigenvalue weighted by Crippen LogP contribution is 1.81. The quantitative estimate of drug-likeness (QED) is 0.799. The molecular weight excluding hydrogens is 176 g/mol.